The number of thiol groups is 1. The van der Waals surface area contributed by atoms with Gasteiger partial charge in [-0.3, -0.25) is 4.79 Å². The smallest absolute Gasteiger partial charge is 0.327 e. The number of aliphatic carboxylic acids is 1. The van der Waals surface area contributed by atoms with Gasteiger partial charge < -0.3 is 10.4 Å². The summed E-state index contributed by atoms with van der Waals surface area (Å²) in [5.41, 5.74) is 1.53. The Morgan fingerprint density at radius 2 is 2.00 bits per heavy atom. The summed E-state index contributed by atoms with van der Waals surface area (Å²) in [6, 6.07) is 13.6. The van der Waals surface area contributed by atoms with Crippen LogP contribution in [0.2, 0.25) is 5.02 Å². The summed E-state index contributed by atoms with van der Waals surface area (Å²) in [5.74, 6) is -1.51. The van der Waals surface area contributed by atoms with E-state index in [1.54, 1.807) is 12.1 Å². The molecule has 1 aromatic heterocycles. The van der Waals surface area contributed by atoms with Crippen LogP contribution in [0.15, 0.2) is 52.9 Å². The monoisotopic (exact) mass is 438 g/mol. The summed E-state index contributed by atoms with van der Waals surface area (Å²) < 4.78 is 1.67. The molecule has 0 unspecified atom stereocenters. The third kappa shape index (κ3) is 4.95. The van der Waals surface area contributed by atoms with E-state index in [1.165, 1.54) is 23.1 Å². The van der Waals surface area contributed by atoms with Gasteiger partial charge in [0.15, 0.2) is 4.34 Å². The lowest BCUT2D eigenvalue weighted by atomic mass is 10.1. The summed E-state index contributed by atoms with van der Waals surface area (Å²) in [6.07, 6.45) is 0. The molecule has 2 aromatic carbocycles. The van der Waals surface area contributed by atoms with Crippen LogP contribution >= 0.6 is 47.3 Å². The number of hydrogen-bond donors (Lipinski definition) is 3. The van der Waals surface area contributed by atoms with E-state index in [4.69, 9.17) is 11.6 Å². The molecule has 27 heavy (non-hydrogen) atoms. The van der Waals surface area contributed by atoms with Gasteiger partial charge in [0.25, 0.3) is 0 Å². The minimum atomic E-state index is -1.12. The first kappa shape index (κ1) is 20.0. The van der Waals surface area contributed by atoms with Crippen LogP contribution in [0.4, 0.5) is 0 Å². The number of rotatable bonds is 7. The molecule has 2 N–H and O–H groups in total. The number of thioether (sulfide) groups is 1. The fourth-order valence-corrected chi connectivity index (χ4v) is 5.03. The van der Waals surface area contributed by atoms with Crippen molar-refractivity contribution in [2.24, 2.45) is 0 Å². The van der Waals surface area contributed by atoms with Crippen LogP contribution in [0.5, 0.6) is 0 Å². The summed E-state index contributed by atoms with van der Waals surface area (Å²) in [7, 11) is 0. The predicted octanol–water partition coefficient (Wildman–Crippen LogP) is 4.28. The molecule has 3 aromatic rings. The van der Waals surface area contributed by atoms with Gasteiger partial charge in [0.2, 0.25) is 5.91 Å². The highest BCUT2D eigenvalue weighted by molar-refractivity contribution is 8.02. The van der Waals surface area contributed by atoms with E-state index in [0.29, 0.717) is 9.36 Å². The highest BCUT2D eigenvalue weighted by atomic mass is 35.5. The molecule has 2 atom stereocenters. The molecule has 5 nitrogen and oxygen atoms in total. The molecule has 0 aliphatic carbocycles. The second kappa shape index (κ2) is 8.97. The molecule has 1 amide bonds. The van der Waals surface area contributed by atoms with E-state index in [0.717, 1.165) is 15.8 Å². The number of amides is 1. The molecule has 1 heterocycles. The van der Waals surface area contributed by atoms with Crippen LogP contribution in [0.3, 0.4) is 0 Å². The van der Waals surface area contributed by atoms with E-state index in [9.17, 15) is 14.7 Å². The van der Waals surface area contributed by atoms with Gasteiger partial charge in [0, 0.05) is 10.8 Å². The molecule has 0 fully saturated rings. The second-order valence-corrected chi connectivity index (χ2v) is 8.77. The van der Waals surface area contributed by atoms with Crippen LogP contribution in [0.1, 0.15) is 10.8 Å². The van der Waals surface area contributed by atoms with Gasteiger partial charge in [0.05, 0.1) is 10.2 Å². The number of benzene rings is 2. The average Bonchev–Trinajstić information content (AvgIpc) is 3.06. The van der Waals surface area contributed by atoms with Gasteiger partial charge in [-0.15, -0.1) is 11.3 Å². The molecule has 3 rings (SSSR count). The van der Waals surface area contributed by atoms with Crippen LogP contribution < -0.4 is 5.32 Å². The van der Waals surface area contributed by atoms with Crippen LogP contribution in [0.25, 0.3) is 10.2 Å². The van der Waals surface area contributed by atoms with E-state index in [-0.39, 0.29) is 5.75 Å². The average molecular weight is 439 g/mol. The first-order chi connectivity index (χ1) is 13.0. The van der Waals surface area contributed by atoms with E-state index >= 15 is 0 Å². The Labute approximate surface area is 174 Å². The zero-order valence-corrected chi connectivity index (χ0v) is 17.1. The van der Waals surface area contributed by atoms with E-state index < -0.39 is 23.2 Å². The number of fused-ring (bicyclic) bond motifs is 1. The zero-order valence-electron chi connectivity index (χ0n) is 13.8. The third-order valence-corrected chi connectivity index (χ3v) is 6.67. The SMILES string of the molecule is O=C(O)[C@@H](CS)NC(=O)[C@H](Sc1nc2cc(Cl)ccc2s1)c1ccccc1. The number of thiazole rings is 1. The lowest BCUT2D eigenvalue weighted by molar-refractivity contribution is -0.141. The van der Waals surface area contributed by atoms with Crippen molar-refractivity contribution in [3.8, 4) is 0 Å². The van der Waals surface area contributed by atoms with Crippen molar-refractivity contribution in [3.05, 3.63) is 59.1 Å². The van der Waals surface area contributed by atoms with E-state index in [2.05, 4.69) is 22.9 Å². The van der Waals surface area contributed by atoms with Crippen LogP contribution in [0, 0.1) is 0 Å². The summed E-state index contributed by atoms with van der Waals surface area (Å²) in [4.78, 5) is 28.6. The lowest BCUT2D eigenvalue weighted by Gasteiger charge is -2.18. The van der Waals surface area contributed by atoms with Gasteiger partial charge in [-0.1, -0.05) is 53.7 Å². The summed E-state index contributed by atoms with van der Waals surface area (Å²) in [5, 5.41) is 11.7. The van der Waals surface area contributed by atoms with Crippen molar-refractivity contribution < 1.29 is 14.7 Å². The van der Waals surface area contributed by atoms with Crippen LogP contribution in [-0.4, -0.2) is 33.8 Å². The molecule has 0 saturated carbocycles. The van der Waals surface area contributed by atoms with E-state index in [1.807, 2.05) is 36.4 Å². The summed E-state index contributed by atoms with van der Waals surface area (Å²) in [6.45, 7) is 0. The lowest BCUT2D eigenvalue weighted by Crippen LogP contribution is -2.43. The minimum absolute atomic E-state index is 0.00683. The zero-order chi connectivity index (χ0) is 19.4. The number of halogens is 1. The molecular formula is C18H15ClN2O3S3. The Morgan fingerprint density at radius 3 is 2.67 bits per heavy atom. The fraction of sp³-hybridized carbons (Fsp3) is 0.167. The maximum absolute atomic E-state index is 12.8. The van der Waals surface area contributed by atoms with Crippen LogP contribution in [-0.2, 0) is 9.59 Å². The number of nitrogens with one attached hydrogen (secondary N) is 1. The Bertz CT molecular complexity index is 965. The standard InChI is InChI=1S/C18H15ClN2O3S3/c19-11-6-7-14-12(8-11)21-18(26-14)27-15(10-4-2-1-3-5-10)16(22)20-13(9-25)17(23)24/h1-8,13,15,25H,9H2,(H,20,22)(H,23,24)/t13-,15-/m1/s1. The highest BCUT2D eigenvalue weighted by Crippen LogP contribution is 2.39. The Morgan fingerprint density at radius 1 is 1.26 bits per heavy atom. The molecule has 0 spiro atoms. The molecule has 140 valence electrons. The van der Waals surface area contributed by atoms with Crippen molar-refractivity contribution in [2.75, 3.05) is 5.75 Å². The predicted molar refractivity (Wildman–Crippen MR) is 113 cm³/mol. The molecule has 0 bridgehead atoms. The van der Waals surface area contributed by atoms with Crippen molar-refractivity contribution in [2.45, 2.75) is 15.6 Å². The number of carbonyl (C=O) groups is 2. The second-order valence-electron chi connectivity index (χ2n) is 5.58. The number of nitrogens with zero attached hydrogens (tertiary/aromatic N) is 1. The maximum atomic E-state index is 12.8. The number of carboxylic acids is 1. The Balaban J connectivity index is 1.89. The van der Waals surface area contributed by atoms with Gasteiger partial charge in [-0.25, -0.2) is 9.78 Å². The number of carboxylic acid groups (broad SMARTS) is 1. The van der Waals surface area contributed by atoms with Crippen molar-refractivity contribution in [3.63, 3.8) is 0 Å². The fourth-order valence-electron chi connectivity index (χ4n) is 2.36. The Hall–Kier alpha value is -1.74. The number of carbonyl (C=O) groups excluding carboxylic acids is 1. The Kier molecular flexibility index (Phi) is 6.64. The molecule has 0 radical (unpaired) electrons. The third-order valence-electron chi connectivity index (χ3n) is 3.69. The maximum Gasteiger partial charge on any atom is 0.327 e. The molecule has 9 heteroatoms. The molecular weight excluding hydrogens is 424 g/mol. The first-order valence-electron chi connectivity index (χ1n) is 7.89. The van der Waals surface area contributed by atoms with Crippen molar-refractivity contribution in [1.29, 1.82) is 0 Å². The normalized spacial score (nSPS) is 13.3. The topological polar surface area (TPSA) is 79.3 Å². The largest absolute Gasteiger partial charge is 0.480 e. The number of aromatic nitrogens is 1. The first-order valence-corrected chi connectivity index (χ1v) is 10.6. The van der Waals surface area contributed by atoms with Gasteiger partial charge in [0.1, 0.15) is 11.3 Å². The summed E-state index contributed by atoms with van der Waals surface area (Å²) >= 11 is 12.8. The minimum Gasteiger partial charge on any atom is -0.480 e. The number of hydrogen-bond acceptors (Lipinski definition) is 6. The van der Waals surface area contributed by atoms with Gasteiger partial charge in [-0.05, 0) is 23.8 Å². The molecule has 0 aliphatic heterocycles. The molecule has 0 saturated heterocycles. The van der Waals surface area contributed by atoms with Gasteiger partial charge >= 0.3 is 5.97 Å². The van der Waals surface area contributed by atoms with Gasteiger partial charge in [-0.2, -0.15) is 12.6 Å². The van der Waals surface area contributed by atoms with Crippen molar-refractivity contribution in [1.82, 2.24) is 10.3 Å². The highest BCUT2D eigenvalue weighted by Gasteiger charge is 2.27. The quantitative estimate of drug-likeness (QED) is 0.379. The van der Waals surface area contributed by atoms with Crippen molar-refractivity contribution >= 4 is 69.4 Å². The molecule has 0 aliphatic rings.